The fourth-order valence-corrected chi connectivity index (χ4v) is 2.70. The van der Waals surface area contributed by atoms with Crippen LogP contribution in [0.3, 0.4) is 0 Å². The summed E-state index contributed by atoms with van der Waals surface area (Å²) in [6.07, 6.45) is 2.64. The highest BCUT2D eigenvalue weighted by Gasteiger charge is 2.31. The molecule has 0 aromatic rings. The number of amides is 1. The van der Waals surface area contributed by atoms with E-state index >= 15 is 0 Å². The molecule has 22 heavy (non-hydrogen) atoms. The Kier molecular flexibility index (Phi) is 7.59. The maximum atomic E-state index is 12.3. The quantitative estimate of drug-likeness (QED) is 0.762. The summed E-state index contributed by atoms with van der Waals surface area (Å²) in [7, 11) is 3.25. The van der Waals surface area contributed by atoms with E-state index in [1.807, 2.05) is 32.6 Å². The van der Waals surface area contributed by atoms with Crippen molar-refractivity contribution >= 4 is 6.09 Å². The zero-order valence-corrected chi connectivity index (χ0v) is 14.8. The van der Waals surface area contributed by atoms with Crippen molar-refractivity contribution < 1.29 is 19.0 Å². The fourth-order valence-electron chi connectivity index (χ4n) is 2.70. The van der Waals surface area contributed by atoms with Gasteiger partial charge in [0.25, 0.3) is 0 Å². The molecule has 0 radical (unpaired) electrons. The Morgan fingerprint density at radius 2 is 1.91 bits per heavy atom. The van der Waals surface area contributed by atoms with E-state index < -0.39 is 5.60 Å². The van der Waals surface area contributed by atoms with E-state index in [0.29, 0.717) is 6.54 Å². The number of carbonyl (C=O) groups is 1. The lowest BCUT2D eigenvalue weighted by atomic mass is 10.0. The number of hydrogen-bond donors (Lipinski definition) is 1. The highest BCUT2D eigenvalue weighted by atomic mass is 16.7. The Labute approximate surface area is 134 Å². The summed E-state index contributed by atoms with van der Waals surface area (Å²) in [6, 6.07) is 0.206. The number of likely N-dealkylation sites (tertiary alicyclic amines) is 1. The molecular formula is C16H32N2O4. The average Bonchev–Trinajstić information content (AvgIpc) is 2.45. The molecule has 0 aromatic carbocycles. The number of nitrogens with one attached hydrogen (secondary N) is 1. The zero-order valence-electron chi connectivity index (χ0n) is 14.8. The van der Waals surface area contributed by atoms with Gasteiger partial charge in [-0.05, 0) is 47.0 Å². The van der Waals surface area contributed by atoms with E-state index in [2.05, 4.69) is 5.32 Å². The van der Waals surface area contributed by atoms with Gasteiger partial charge in [-0.2, -0.15) is 0 Å². The Bertz CT molecular complexity index is 340. The first-order valence-corrected chi connectivity index (χ1v) is 8.07. The molecule has 1 N–H and O–H groups in total. The molecule has 6 heteroatoms. The number of hydrogen-bond acceptors (Lipinski definition) is 5. The minimum atomic E-state index is -0.461. The fraction of sp³-hybridized carbons (Fsp3) is 0.938. The summed E-state index contributed by atoms with van der Waals surface area (Å²) < 4.78 is 16.0. The molecule has 1 fully saturated rings. The summed E-state index contributed by atoms with van der Waals surface area (Å²) in [5.74, 6) is 0. The van der Waals surface area contributed by atoms with Crippen LogP contribution in [0.1, 0.15) is 47.0 Å². The topological polar surface area (TPSA) is 60.0 Å². The lowest BCUT2D eigenvalue weighted by molar-refractivity contribution is -0.120. The van der Waals surface area contributed by atoms with Crippen LogP contribution in [0.25, 0.3) is 0 Å². The Morgan fingerprint density at radius 1 is 1.27 bits per heavy atom. The lowest BCUT2D eigenvalue weighted by Crippen LogP contribution is -2.52. The van der Waals surface area contributed by atoms with E-state index in [4.69, 9.17) is 14.2 Å². The standard InChI is InChI=1S/C16H32N2O4/c1-12(14(20-5)21-6)17-11-13-9-7-8-10-18(13)15(19)22-16(2,3)4/h12-14,17H,7-11H2,1-6H3. The number of rotatable bonds is 6. The minimum Gasteiger partial charge on any atom is -0.444 e. The van der Waals surface area contributed by atoms with Crippen molar-refractivity contribution in [1.82, 2.24) is 10.2 Å². The SMILES string of the molecule is COC(OC)C(C)NCC1CCCCN1C(=O)OC(C)(C)C. The molecule has 6 nitrogen and oxygen atoms in total. The largest absolute Gasteiger partial charge is 0.444 e. The maximum Gasteiger partial charge on any atom is 0.410 e. The second-order valence-electron chi connectivity index (χ2n) is 6.86. The number of carbonyl (C=O) groups excluding carboxylic acids is 1. The molecule has 1 aliphatic heterocycles. The van der Waals surface area contributed by atoms with E-state index in [9.17, 15) is 4.79 Å². The Hall–Kier alpha value is -0.850. The van der Waals surface area contributed by atoms with Crippen LogP contribution in [0.2, 0.25) is 0 Å². The van der Waals surface area contributed by atoms with Crippen LogP contribution in [0, 0.1) is 0 Å². The number of ether oxygens (including phenoxy) is 3. The molecule has 0 bridgehead atoms. The van der Waals surface area contributed by atoms with Gasteiger partial charge in [0.2, 0.25) is 0 Å². The van der Waals surface area contributed by atoms with Crippen molar-refractivity contribution in [1.29, 1.82) is 0 Å². The molecule has 1 rings (SSSR count). The van der Waals surface area contributed by atoms with Crippen molar-refractivity contribution in [2.45, 2.75) is 70.9 Å². The third-order valence-corrected chi connectivity index (χ3v) is 3.80. The van der Waals surface area contributed by atoms with Crippen LogP contribution in [-0.2, 0) is 14.2 Å². The van der Waals surface area contributed by atoms with Crippen molar-refractivity contribution in [2.75, 3.05) is 27.3 Å². The van der Waals surface area contributed by atoms with Crippen LogP contribution in [0.15, 0.2) is 0 Å². The summed E-state index contributed by atoms with van der Waals surface area (Å²) in [6.45, 7) is 9.17. The third-order valence-electron chi connectivity index (χ3n) is 3.80. The van der Waals surface area contributed by atoms with Crippen molar-refractivity contribution in [3.05, 3.63) is 0 Å². The molecule has 0 spiro atoms. The summed E-state index contributed by atoms with van der Waals surface area (Å²) >= 11 is 0. The molecule has 0 saturated carbocycles. The van der Waals surface area contributed by atoms with E-state index in [0.717, 1.165) is 25.8 Å². The first-order valence-electron chi connectivity index (χ1n) is 8.07. The highest BCUT2D eigenvalue weighted by molar-refractivity contribution is 5.68. The zero-order chi connectivity index (χ0) is 16.8. The normalized spacial score (nSPS) is 21.0. The first-order chi connectivity index (χ1) is 10.3. The minimum absolute atomic E-state index is 0.0532. The molecular weight excluding hydrogens is 284 g/mol. The monoisotopic (exact) mass is 316 g/mol. The van der Waals surface area contributed by atoms with Gasteiger partial charge >= 0.3 is 6.09 Å². The summed E-state index contributed by atoms with van der Waals surface area (Å²) in [4.78, 5) is 14.2. The van der Waals surface area contributed by atoms with Crippen molar-refractivity contribution in [2.24, 2.45) is 0 Å². The predicted octanol–water partition coefficient (Wildman–Crippen LogP) is 2.37. The molecule has 1 heterocycles. The van der Waals surface area contributed by atoms with Gasteiger partial charge < -0.3 is 24.4 Å². The first kappa shape index (κ1) is 19.2. The van der Waals surface area contributed by atoms with Crippen LogP contribution in [-0.4, -0.2) is 62.3 Å². The Morgan fingerprint density at radius 3 is 2.45 bits per heavy atom. The van der Waals surface area contributed by atoms with Gasteiger partial charge in [0.1, 0.15) is 5.60 Å². The van der Waals surface area contributed by atoms with Crippen molar-refractivity contribution in [3.63, 3.8) is 0 Å². The Balaban J connectivity index is 2.56. The number of piperidine rings is 1. The van der Waals surface area contributed by atoms with Gasteiger partial charge in [-0.1, -0.05) is 0 Å². The average molecular weight is 316 g/mol. The van der Waals surface area contributed by atoms with E-state index in [1.54, 1.807) is 14.2 Å². The van der Waals surface area contributed by atoms with Gasteiger partial charge in [-0.15, -0.1) is 0 Å². The molecule has 1 amide bonds. The van der Waals surface area contributed by atoms with Gasteiger partial charge in [0, 0.05) is 33.4 Å². The smallest absolute Gasteiger partial charge is 0.410 e. The van der Waals surface area contributed by atoms with Gasteiger partial charge in [-0.25, -0.2) is 4.79 Å². The van der Waals surface area contributed by atoms with Crippen molar-refractivity contribution in [3.8, 4) is 0 Å². The highest BCUT2D eigenvalue weighted by Crippen LogP contribution is 2.20. The molecule has 1 saturated heterocycles. The molecule has 2 unspecified atom stereocenters. The molecule has 0 aromatic heterocycles. The molecule has 0 aliphatic carbocycles. The molecule has 2 atom stereocenters. The van der Waals surface area contributed by atoms with E-state index in [1.165, 1.54) is 0 Å². The predicted molar refractivity (Wildman–Crippen MR) is 85.8 cm³/mol. The van der Waals surface area contributed by atoms with Gasteiger partial charge in [0.15, 0.2) is 6.29 Å². The second kappa shape index (κ2) is 8.70. The van der Waals surface area contributed by atoms with Crippen LogP contribution < -0.4 is 5.32 Å². The van der Waals surface area contributed by atoms with Crippen LogP contribution in [0.4, 0.5) is 4.79 Å². The number of methoxy groups -OCH3 is 2. The molecule has 130 valence electrons. The maximum absolute atomic E-state index is 12.3. The van der Waals surface area contributed by atoms with Crippen LogP contribution >= 0.6 is 0 Å². The second-order valence-corrected chi connectivity index (χ2v) is 6.86. The van der Waals surface area contributed by atoms with Crippen LogP contribution in [0.5, 0.6) is 0 Å². The van der Waals surface area contributed by atoms with E-state index in [-0.39, 0.29) is 24.5 Å². The summed E-state index contributed by atoms with van der Waals surface area (Å²) in [5, 5.41) is 3.40. The number of nitrogens with zero attached hydrogens (tertiary/aromatic N) is 1. The summed E-state index contributed by atoms with van der Waals surface area (Å²) in [5.41, 5.74) is -0.461. The van der Waals surface area contributed by atoms with Gasteiger partial charge in [-0.3, -0.25) is 0 Å². The van der Waals surface area contributed by atoms with Gasteiger partial charge in [0.05, 0.1) is 6.04 Å². The third kappa shape index (κ3) is 6.10. The molecule has 1 aliphatic rings. The lowest BCUT2D eigenvalue weighted by Gasteiger charge is -2.37.